The van der Waals surface area contributed by atoms with Crippen LogP contribution < -0.4 is 10.6 Å². The molecule has 0 aromatic heterocycles. The van der Waals surface area contributed by atoms with E-state index >= 15 is 0 Å². The molecule has 43 heavy (non-hydrogen) atoms. The van der Waals surface area contributed by atoms with E-state index in [1.165, 1.54) is 0 Å². The molecule has 228 valence electrons. The zero-order chi connectivity index (χ0) is 31.0. The van der Waals surface area contributed by atoms with Crippen LogP contribution in [-0.4, -0.2) is 51.2 Å². The lowest BCUT2D eigenvalue weighted by Gasteiger charge is -2.29. The van der Waals surface area contributed by atoms with E-state index in [1.807, 2.05) is 72.8 Å². The number of hydrogen-bond donors (Lipinski definition) is 5. The van der Waals surface area contributed by atoms with Crippen LogP contribution in [0.3, 0.4) is 0 Å². The fraction of sp³-hybridized carbons (Fsp3) is 0.371. The van der Waals surface area contributed by atoms with Crippen molar-refractivity contribution in [2.24, 2.45) is 5.92 Å². The van der Waals surface area contributed by atoms with Crippen molar-refractivity contribution < 1.29 is 29.6 Å². The van der Waals surface area contributed by atoms with E-state index in [0.29, 0.717) is 24.0 Å². The largest absolute Gasteiger partial charge is 0.444 e. The van der Waals surface area contributed by atoms with Crippen molar-refractivity contribution in [2.45, 2.75) is 76.0 Å². The summed E-state index contributed by atoms with van der Waals surface area (Å²) >= 11 is 0. The maximum absolute atomic E-state index is 13.8. The van der Waals surface area contributed by atoms with Gasteiger partial charge in [-0.1, -0.05) is 97.1 Å². The molecule has 5 N–H and O–H groups in total. The predicted molar refractivity (Wildman–Crippen MR) is 166 cm³/mol. The van der Waals surface area contributed by atoms with Gasteiger partial charge in [-0.2, -0.15) is 0 Å². The van der Waals surface area contributed by atoms with Crippen molar-refractivity contribution in [3.63, 3.8) is 0 Å². The standard InChI is InChI=1S/C35H42N2O6/c1-35(2,3)43-34(42)36-28(21-24-15-8-5-9-16-24)29(38)22-25(18-12-17-23-13-6-4-7-14-23)33(41)37-30-26-19-10-11-20-27(26)31(39)32(30)40/h4-17,19-20,25,28-32,38-40H,18,21-22H2,1-3H3,(H,36,42)(H,37,41)/b17-12+/t25-,28-,29-,30-,31+,32-/m0/s1. The van der Waals surface area contributed by atoms with Crippen molar-refractivity contribution in [1.29, 1.82) is 0 Å². The maximum atomic E-state index is 13.8. The number of hydrogen-bond acceptors (Lipinski definition) is 6. The summed E-state index contributed by atoms with van der Waals surface area (Å²) in [7, 11) is 0. The van der Waals surface area contributed by atoms with Crippen molar-refractivity contribution in [3.05, 3.63) is 113 Å². The molecule has 1 aliphatic rings. The lowest BCUT2D eigenvalue weighted by molar-refractivity contribution is -0.128. The highest BCUT2D eigenvalue weighted by Gasteiger charge is 2.40. The fourth-order valence-electron chi connectivity index (χ4n) is 5.36. The first-order valence-electron chi connectivity index (χ1n) is 14.7. The van der Waals surface area contributed by atoms with Gasteiger partial charge in [0.1, 0.15) is 17.8 Å². The van der Waals surface area contributed by atoms with E-state index in [2.05, 4.69) is 10.6 Å². The molecule has 0 bridgehead atoms. The number of nitrogens with one attached hydrogen (secondary N) is 2. The van der Waals surface area contributed by atoms with Gasteiger partial charge < -0.3 is 30.7 Å². The molecule has 0 aliphatic heterocycles. The first-order valence-corrected chi connectivity index (χ1v) is 14.7. The highest BCUT2D eigenvalue weighted by Crippen LogP contribution is 2.39. The summed E-state index contributed by atoms with van der Waals surface area (Å²) in [5.41, 5.74) is 2.39. The Morgan fingerprint density at radius 2 is 1.51 bits per heavy atom. The summed E-state index contributed by atoms with van der Waals surface area (Å²) in [6.45, 7) is 5.30. The molecule has 3 aromatic carbocycles. The van der Waals surface area contributed by atoms with Gasteiger partial charge in [-0.25, -0.2) is 4.79 Å². The zero-order valence-corrected chi connectivity index (χ0v) is 24.9. The predicted octanol–water partition coefficient (Wildman–Crippen LogP) is 4.86. The van der Waals surface area contributed by atoms with Crippen LogP contribution >= 0.6 is 0 Å². The molecule has 0 spiro atoms. The Hall–Kier alpha value is -3.98. The van der Waals surface area contributed by atoms with Crippen LogP contribution in [0.25, 0.3) is 6.08 Å². The van der Waals surface area contributed by atoms with E-state index in [4.69, 9.17) is 4.74 Å². The number of amides is 2. The van der Waals surface area contributed by atoms with E-state index in [1.54, 1.807) is 45.0 Å². The normalized spacial score (nSPS) is 20.2. The average molecular weight is 587 g/mol. The number of aliphatic hydroxyl groups excluding tert-OH is 3. The zero-order valence-electron chi connectivity index (χ0n) is 24.9. The van der Waals surface area contributed by atoms with E-state index < -0.39 is 48.0 Å². The van der Waals surface area contributed by atoms with Crippen molar-refractivity contribution in [3.8, 4) is 0 Å². The number of carbonyl (C=O) groups excluding carboxylic acids is 2. The average Bonchev–Trinajstić information content (AvgIpc) is 3.21. The third-order valence-electron chi connectivity index (χ3n) is 7.50. The van der Waals surface area contributed by atoms with Gasteiger partial charge in [0.2, 0.25) is 5.91 Å². The molecule has 1 aliphatic carbocycles. The molecule has 0 heterocycles. The Balaban J connectivity index is 1.55. The number of ether oxygens (including phenoxy) is 1. The van der Waals surface area contributed by atoms with Crippen LogP contribution in [0.1, 0.15) is 68.0 Å². The molecule has 8 nitrogen and oxygen atoms in total. The van der Waals surface area contributed by atoms with Crippen molar-refractivity contribution in [1.82, 2.24) is 10.6 Å². The van der Waals surface area contributed by atoms with Crippen molar-refractivity contribution in [2.75, 3.05) is 0 Å². The van der Waals surface area contributed by atoms with Crippen LogP contribution in [-0.2, 0) is 16.0 Å². The first kappa shape index (κ1) is 31.9. The van der Waals surface area contributed by atoms with Crippen LogP contribution in [0.2, 0.25) is 0 Å². The SMILES string of the molecule is CC(C)(C)OC(=O)N[C@@H](Cc1ccccc1)[C@@H](O)C[C@H](C/C=C/c1ccccc1)C(=O)N[C@H]1c2ccccc2[C@@H](O)[C@H]1O. The van der Waals surface area contributed by atoms with Gasteiger partial charge in [-0.05, 0) is 62.3 Å². The molecule has 6 atom stereocenters. The Morgan fingerprint density at radius 3 is 2.16 bits per heavy atom. The number of benzene rings is 3. The van der Waals surface area contributed by atoms with Gasteiger partial charge in [-0.15, -0.1) is 0 Å². The van der Waals surface area contributed by atoms with E-state index in [-0.39, 0.29) is 12.3 Å². The van der Waals surface area contributed by atoms with Crippen LogP contribution in [0, 0.1) is 5.92 Å². The minimum atomic E-state index is -1.20. The smallest absolute Gasteiger partial charge is 0.407 e. The number of allylic oxidation sites excluding steroid dienone is 1. The second kappa shape index (κ2) is 14.5. The van der Waals surface area contributed by atoms with Gasteiger partial charge in [0, 0.05) is 5.92 Å². The molecule has 3 aromatic rings. The minimum absolute atomic E-state index is 0.0330. The number of alkyl carbamates (subject to hydrolysis) is 1. The summed E-state index contributed by atoms with van der Waals surface area (Å²) in [6, 6.07) is 24.7. The highest BCUT2D eigenvalue weighted by atomic mass is 16.6. The second-order valence-electron chi connectivity index (χ2n) is 12.0. The summed E-state index contributed by atoms with van der Waals surface area (Å²) in [4.78, 5) is 26.5. The quantitative estimate of drug-likeness (QED) is 0.218. The minimum Gasteiger partial charge on any atom is -0.444 e. The summed E-state index contributed by atoms with van der Waals surface area (Å²) in [5.74, 6) is -1.08. The van der Waals surface area contributed by atoms with E-state index in [9.17, 15) is 24.9 Å². The third kappa shape index (κ3) is 9.00. The molecule has 0 unspecified atom stereocenters. The second-order valence-corrected chi connectivity index (χ2v) is 12.0. The lowest BCUT2D eigenvalue weighted by atomic mass is 9.90. The van der Waals surface area contributed by atoms with Crippen LogP contribution in [0.15, 0.2) is 91.0 Å². The Kier molecular flexibility index (Phi) is 10.7. The number of aliphatic hydroxyl groups is 3. The molecule has 8 heteroatoms. The van der Waals surface area contributed by atoms with Gasteiger partial charge >= 0.3 is 6.09 Å². The Morgan fingerprint density at radius 1 is 0.907 bits per heavy atom. The van der Waals surface area contributed by atoms with Crippen LogP contribution in [0.5, 0.6) is 0 Å². The number of fused-ring (bicyclic) bond motifs is 1. The Labute approximate surface area is 253 Å². The van der Waals surface area contributed by atoms with Gasteiger partial charge in [0.05, 0.1) is 18.2 Å². The van der Waals surface area contributed by atoms with Crippen molar-refractivity contribution >= 4 is 18.1 Å². The summed E-state index contributed by atoms with van der Waals surface area (Å²) < 4.78 is 5.46. The third-order valence-corrected chi connectivity index (χ3v) is 7.50. The number of carbonyl (C=O) groups is 2. The number of rotatable bonds is 11. The summed E-state index contributed by atoms with van der Waals surface area (Å²) in [5, 5.41) is 38.6. The molecule has 0 radical (unpaired) electrons. The summed E-state index contributed by atoms with van der Waals surface area (Å²) in [6.07, 6.45) is 0.390. The molecule has 4 rings (SSSR count). The topological polar surface area (TPSA) is 128 Å². The Bertz CT molecular complexity index is 1370. The van der Waals surface area contributed by atoms with Gasteiger partial charge in [0.15, 0.2) is 0 Å². The fourth-order valence-corrected chi connectivity index (χ4v) is 5.36. The lowest BCUT2D eigenvalue weighted by Crippen LogP contribution is -2.48. The van der Waals surface area contributed by atoms with Crippen LogP contribution in [0.4, 0.5) is 4.79 Å². The molecule has 0 saturated heterocycles. The first-order chi connectivity index (χ1) is 20.5. The highest BCUT2D eigenvalue weighted by molar-refractivity contribution is 5.80. The molecular weight excluding hydrogens is 544 g/mol. The molecule has 2 amide bonds. The molecule has 0 saturated carbocycles. The van der Waals surface area contributed by atoms with Gasteiger partial charge in [-0.3, -0.25) is 4.79 Å². The maximum Gasteiger partial charge on any atom is 0.407 e. The molecular formula is C35H42N2O6. The van der Waals surface area contributed by atoms with Gasteiger partial charge in [0.25, 0.3) is 0 Å². The molecule has 0 fully saturated rings. The van der Waals surface area contributed by atoms with E-state index in [0.717, 1.165) is 11.1 Å². The monoisotopic (exact) mass is 586 g/mol.